The van der Waals surface area contributed by atoms with E-state index in [0.29, 0.717) is 21.6 Å². The predicted molar refractivity (Wildman–Crippen MR) is 123 cm³/mol. The Kier molecular flexibility index (Phi) is 6.75. The number of benzene rings is 2. The summed E-state index contributed by atoms with van der Waals surface area (Å²) in [6.45, 7) is 4.00. The fourth-order valence-electron chi connectivity index (χ4n) is 2.63. The number of aryl methyl sites for hydroxylation is 1. The van der Waals surface area contributed by atoms with Crippen LogP contribution in [0, 0.1) is 13.8 Å². The number of furan rings is 1. The van der Waals surface area contributed by atoms with E-state index < -0.39 is 0 Å². The summed E-state index contributed by atoms with van der Waals surface area (Å²) in [6.07, 6.45) is 2.91. The lowest BCUT2D eigenvalue weighted by Gasteiger charge is -2.12. The second kappa shape index (κ2) is 9.27. The molecule has 0 unspecified atom stereocenters. The van der Waals surface area contributed by atoms with E-state index in [4.69, 9.17) is 39.8 Å². The summed E-state index contributed by atoms with van der Waals surface area (Å²) >= 11 is 17.3. The van der Waals surface area contributed by atoms with Crippen molar-refractivity contribution in [1.82, 2.24) is 5.32 Å². The van der Waals surface area contributed by atoms with E-state index >= 15 is 0 Å². The first kappa shape index (κ1) is 21.1. The molecule has 0 aliphatic rings. The number of halogens is 2. The van der Waals surface area contributed by atoms with Gasteiger partial charge in [-0.2, -0.15) is 0 Å². The summed E-state index contributed by atoms with van der Waals surface area (Å²) in [5.74, 6) is 0.726. The molecule has 2 aromatic carbocycles. The SMILES string of the molecule is Cc1cccc(NC(=S)NC(=O)/C=C/c2ccc(-c3ccc(Cl)cc3Cl)o2)c1C. The number of hydrogen-bond donors (Lipinski definition) is 2. The van der Waals surface area contributed by atoms with Crippen LogP contribution in [-0.2, 0) is 4.79 Å². The zero-order valence-electron chi connectivity index (χ0n) is 15.8. The van der Waals surface area contributed by atoms with E-state index in [-0.39, 0.29) is 11.0 Å². The van der Waals surface area contributed by atoms with E-state index in [1.807, 2.05) is 32.0 Å². The summed E-state index contributed by atoms with van der Waals surface area (Å²) in [6, 6.07) is 14.5. The molecule has 0 spiro atoms. The van der Waals surface area contributed by atoms with Crippen molar-refractivity contribution in [3.8, 4) is 11.3 Å². The van der Waals surface area contributed by atoms with Gasteiger partial charge < -0.3 is 9.73 Å². The number of rotatable bonds is 4. The molecule has 1 amide bonds. The summed E-state index contributed by atoms with van der Waals surface area (Å²) in [5.41, 5.74) is 3.79. The van der Waals surface area contributed by atoms with Crippen molar-refractivity contribution in [3.05, 3.63) is 81.5 Å². The molecule has 1 heterocycles. The van der Waals surface area contributed by atoms with Crippen LogP contribution >= 0.6 is 35.4 Å². The number of amides is 1. The van der Waals surface area contributed by atoms with Crippen LogP contribution in [0.25, 0.3) is 17.4 Å². The molecule has 0 aliphatic carbocycles. The lowest BCUT2D eigenvalue weighted by Crippen LogP contribution is -2.33. The molecule has 0 bridgehead atoms. The smallest absolute Gasteiger partial charge is 0.250 e. The molecule has 2 N–H and O–H groups in total. The zero-order chi connectivity index (χ0) is 21.0. The van der Waals surface area contributed by atoms with E-state index in [1.165, 1.54) is 6.08 Å². The Hall–Kier alpha value is -2.60. The zero-order valence-corrected chi connectivity index (χ0v) is 18.1. The summed E-state index contributed by atoms with van der Waals surface area (Å²) < 4.78 is 5.73. The topological polar surface area (TPSA) is 54.3 Å². The standard InChI is InChI=1S/C22H18Cl2N2O2S/c1-13-4-3-5-19(14(13)2)25-22(29)26-21(27)11-8-16-7-10-20(28-16)17-9-6-15(23)12-18(17)24/h3-12H,1-2H3,(H2,25,26,27,29)/b11-8+. The summed E-state index contributed by atoms with van der Waals surface area (Å²) in [5, 5.41) is 6.91. The summed E-state index contributed by atoms with van der Waals surface area (Å²) in [4.78, 5) is 12.1. The second-order valence-corrected chi connectivity index (χ2v) is 7.60. The van der Waals surface area contributed by atoms with Gasteiger partial charge in [0.15, 0.2) is 5.11 Å². The van der Waals surface area contributed by atoms with Crippen molar-refractivity contribution in [2.45, 2.75) is 13.8 Å². The number of carbonyl (C=O) groups is 1. The van der Waals surface area contributed by atoms with Crippen molar-refractivity contribution < 1.29 is 9.21 Å². The summed E-state index contributed by atoms with van der Waals surface area (Å²) in [7, 11) is 0. The third-order valence-electron chi connectivity index (χ3n) is 4.31. The molecule has 148 valence electrons. The van der Waals surface area contributed by atoms with Crippen LogP contribution in [0.15, 0.2) is 59.0 Å². The van der Waals surface area contributed by atoms with Gasteiger partial charge >= 0.3 is 0 Å². The number of hydrogen-bond acceptors (Lipinski definition) is 3. The van der Waals surface area contributed by atoms with Crippen molar-refractivity contribution in [1.29, 1.82) is 0 Å². The third-order valence-corrected chi connectivity index (χ3v) is 5.06. The van der Waals surface area contributed by atoms with Gasteiger partial charge in [0.05, 0.1) is 5.02 Å². The van der Waals surface area contributed by atoms with Crippen molar-refractivity contribution in [2.24, 2.45) is 0 Å². The first-order valence-electron chi connectivity index (χ1n) is 8.75. The van der Waals surface area contributed by atoms with E-state index in [0.717, 1.165) is 22.4 Å². The minimum atomic E-state index is -0.365. The minimum absolute atomic E-state index is 0.224. The number of thiocarbonyl (C=S) groups is 1. The molecule has 0 atom stereocenters. The molecule has 4 nitrogen and oxygen atoms in total. The minimum Gasteiger partial charge on any atom is -0.457 e. The van der Waals surface area contributed by atoms with Crippen LogP contribution < -0.4 is 10.6 Å². The van der Waals surface area contributed by atoms with Crippen LogP contribution in [0.3, 0.4) is 0 Å². The van der Waals surface area contributed by atoms with Crippen LogP contribution in [0.1, 0.15) is 16.9 Å². The maximum absolute atomic E-state index is 12.1. The van der Waals surface area contributed by atoms with Gasteiger partial charge in [-0.05, 0) is 79.7 Å². The average Bonchev–Trinajstić information content (AvgIpc) is 3.12. The molecule has 1 aromatic heterocycles. The van der Waals surface area contributed by atoms with Gasteiger partial charge in [-0.1, -0.05) is 35.3 Å². The second-order valence-electron chi connectivity index (χ2n) is 6.35. The van der Waals surface area contributed by atoms with Gasteiger partial charge in [0.2, 0.25) is 5.91 Å². The highest BCUT2D eigenvalue weighted by molar-refractivity contribution is 7.80. The van der Waals surface area contributed by atoms with Gasteiger partial charge in [-0.25, -0.2) is 0 Å². The fourth-order valence-corrected chi connectivity index (χ4v) is 3.34. The fraction of sp³-hybridized carbons (Fsp3) is 0.0909. The predicted octanol–water partition coefficient (Wildman–Crippen LogP) is 6.40. The van der Waals surface area contributed by atoms with Crippen LogP contribution in [0.5, 0.6) is 0 Å². The monoisotopic (exact) mass is 444 g/mol. The molecule has 3 aromatic rings. The molecule has 0 radical (unpaired) electrons. The Bertz CT molecular complexity index is 1110. The lowest BCUT2D eigenvalue weighted by molar-refractivity contribution is -0.115. The van der Waals surface area contributed by atoms with Gasteiger partial charge in [-0.15, -0.1) is 0 Å². The van der Waals surface area contributed by atoms with Gasteiger partial charge in [0, 0.05) is 22.3 Å². The quantitative estimate of drug-likeness (QED) is 0.361. The molecule has 29 heavy (non-hydrogen) atoms. The highest BCUT2D eigenvalue weighted by atomic mass is 35.5. The van der Waals surface area contributed by atoms with E-state index in [9.17, 15) is 4.79 Å². The van der Waals surface area contributed by atoms with Crippen molar-refractivity contribution in [3.63, 3.8) is 0 Å². The van der Waals surface area contributed by atoms with Crippen molar-refractivity contribution >= 4 is 58.2 Å². The third kappa shape index (κ3) is 5.48. The molecule has 0 saturated heterocycles. The van der Waals surface area contributed by atoms with Crippen LogP contribution in [0.4, 0.5) is 5.69 Å². The molecule has 0 aliphatic heterocycles. The highest BCUT2D eigenvalue weighted by Crippen LogP contribution is 2.31. The first-order valence-corrected chi connectivity index (χ1v) is 9.91. The van der Waals surface area contributed by atoms with Gasteiger partial charge in [0.25, 0.3) is 0 Å². The maximum Gasteiger partial charge on any atom is 0.250 e. The largest absolute Gasteiger partial charge is 0.457 e. The highest BCUT2D eigenvalue weighted by Gasteiger charge is 2.09. The van der Waals surface area contributed by atoms with Gasteiger partial charge in [-0.3, -0.25) is 10.1 Å². The Morgan fingerprint density at radius 3 is 2.66 bits per heavy atom. The first-order chi connectivity index (χ1) is 13.8. The Labute approximate surface area is 184 Å². The van der Waals surface area contributed by atoms with Gasteiger partial charge in [0.1, 0.15) is 11.5 Å². The Morgan fingerprint density at radius 1 is 1.10 bits per heavy atom. The van der Waals surface area contributed by atoms with Crippen molar-refractivity contribution in [2.75, 3.05) is 5.32 Å². The molecule has 0 saturated carbocycles. The number of nitrogens with one attached hydrogen (secondary N) is 2. The Morgan fingerprint density at radius 2 is 1.90 bits per heavy atom. The average molecular weight is 445 g/mol. The van der Waals surface area contributed by atoms with E-state index in [1.54, 1.807) is 36.4 Å². The number of anilines is 1. The van der Waals surface area contributed by atoms with E-state index in [2.05, 4.69) is 10.6 Å². The molecular weight excluding hydrogens is 427 g/mol. The van der Waals surface area contributed by atoms with Crippen LogP contribution in [-0.4, -0.2) is 11.0 Å². The maximum atomic E-state index is 12.1. The molecule has 0 fully saturated rings. The Balaban J connectivity index is 1.61. The molecule has 3 rings (SSSR count). The van der Waals surface area contributed by atoms with Crippen LogP contribution in [0.2, 0.25) is 10.0 Å². The lowest BCUT2D eigenvalue weighted by atomic mass is 10.1. The molecular formula is C22H18Cl2N2O2S. The normalized spacial score (nSPS) is 10.9. The number of carbonyl (C=O) groups excluding carboxylic acids is 1. The molecule has 7 heteroatoms.